The molecule has 3 saturated heterocycles. The van der Waals surface area contributed by atoms with Crippen LogP contribution >= 0.6 is 0 Å². The number of sulfone groups is 1. The van der Waals surface area contributed by atoms with Crippen molar-refractivity contribution in [3.8, 4) is 0 Å². The van der Waals surface area contributed by atoms with E-state index in [4.69, 9.17) is 0 Å². The summed E-state index contributed by atoms with van der Waals surface area (Å²) in [7, 11) is -3.85. The number of fused-ring (bicyclic) bond motifs is 2. The zero-order valence-corrected chi connectivity index (χ0v) is 20.3. The van der Waals surface area contributed by atoms with Gasteiger partial charge in [-0.2, -0.15) is 0 Å². The highest BCUT2D eigenvalue weighted by atomic mass is 32.2. The van der Waals surface area contributed by atoms with Gasteiger partial charge in [-0.05, 0) is 49.3 Å². The summed E-state index contributed by atoms with van der Waals surface area (Å²) in [6, 6.07) is 15.4. The summed E-state index contributed by atoms with van der Waals surface area (Å²) < 4.78 is 26.6. The first-order chi connectivity index (χ1) is 16.3. The lowest BCUT2D eigenvalue weighted by molar-refractivity contribution is -0.119. The van der Waals surface area contributed by atoms with Gasteiger partial charge in [-0.1, -0.05) is 42.0 Å². The molecule has 3 heterocycles. The number of hydrogen-bond donors (Lipinski definition) is 1. The second-order valence-corrected chi connectivity index (χ2v) is 12.1. The average Bonchev–Trinajstić information content (AvgIpc) is 3.25. The number of amides is 2. The van der Waals surface area contributed by atoms with Gasteiger partial charge in [0, 0.05) is 39.1 Å². The molecule has 34 heavy (non-hydrogen) atoms. The number of likely N-dealkylation sites (tertiary alicyclic amines) is 2. The van der Waals surface area contributed by atoms with E-state index in [2.05, 4.69) is 34.5 Å². The predicted molar refractivity (Wildman–Crippen MR) is 129 cm³/mol. The van der Waals surface area contributed by atoms with Crippen molar-refractivity contribution < 1.29 is 18.0 Å². The fraction of sp³-hybridized carbons (Fsp3) is 0.462. The fourth-order valence-electron chi connectivity index (χ4n) is 5.73. The zero-order chi connectivity index (χ0) is 23.9. The monoisotopic (exact) mass is 481 g/mol. The third-order valence-corrected chi connectivity index (χ3v) is 9.27. The Morgan fingerprint density at radius 3 is 2.38 bits per heavy atom. The first-order valence-electron chi connectivity index (χ1n) is 12.0. The number of piperidine rings is 2. The highest BCUT2D eigenvalue weighted by Crippen LogP contribution is 2.32. The van der Waals surface area contributed by atoms with E-state index in [1.807, 2.05) is 17.9 Å². The number of nitrogens with zero attached hydrogens (tertiary/aromatic N) is 2. The number of carbonyl (C=O) groups excluding carboxylic acids is 2. The number of benzene rings is 2. The Labute approximate surface area is 201 Å². The predicted octanol–water partition coefficient (Wildman–Crippen LogP) is 2.60. The van der Waals surface area contributed by atoms with Gasteiger partial charge in [0.1, 0.15) is 5.37 Å². The van der Waals surface area contributed by atoms with Crippen molar-refractivity contribution in [2.24, 2.45) is 11.8 Å². The number of hydrogen-bond acceptors (Lipinski definition) is 5. The maximum atomic E-state index is 13.7. The van der Waals surface area contributed by atoms with E-state index < -0.39 is 15.2 Å². The molecule has 1 N–H and O–H groups in total. The fourth-order valence-corrected chi connectivity index (χ4v) is 7.46. The average molecular weight is 482 g/mol. The third kappa shape index (κ3) is 4.61. The van der Waals surface area contributed by atoms with E-state index in [0.29, 0.717) is 24.9 Å². The summed E-state index contributed by atoms with van der Waals surface area (Å²) in [6.45, 7) is 5.90. The van der Waals surface area contributed by atoms with E-state index in [1.54, 1.807) is 12.1 Å². The van der Waals surface area contributed by atoms with Crippen LogP contribution in [0.25, 0.3) is 0 Å². The van der Waals surface area contributed by atoms with Crippen LogP contribution in [0.5, 0.6) is 0 Å². The SMILES string of the molecule is Cc1ccc(S(=O)(=O)[C@H]2CCC(=O)N2)c(C(=O)N2CC3CC(CN(Cc4ccccc4)C3)C2)c1. The molecule has 3 aliphatic rings. The van der Waals surface area contributed by atoms with Crippen molar-refractivity contribution >= 4 is 21.7 Å². The van der Waals surface area contributed by atoms with Crippen molar-refractivity contribution in [1.29, 1.82) is 0 Å². The Balaban J connectivity index is 1.34. The first-order valence-corrected chi connectivity index (χ1v) is 13.5. The van der Waals surface area contributed by atoms with Gasteiger partial charge in [0.05, 0.1) is 10.5 Å². The van der Waals surface area contributed by atoms with Crippen LogP contribution in [0.2, 0.25) is 0 Å². The molecule has 0 aromatic heterocycles. The summed E-state index contributed by atoms with van der Waals surface area (Å²) in [5, 5.41) is 1.58. The second kappa shape index (κ2) is 9.15. The molecule has 7 nitrogen and oxygen atoms in total. The van der Waals surface area contributed by atoms with Gasteiger partial charge in [-0.25, -0.2) is 8.42 Å². The van der Waals surface area contributed by atoms with Crippen LogP contribution in [-0.4, -0.2) is 61.6 Å². The lowest BCUT2D eigenvalue weighted by Gasteiger charge is -2.46. The lowest BCUT2D eigenvalue weighted by atomic mass is 9.84. The quantitative estimate of drug-likeness (QED) is 0.710. The molecule has 2 aromatic rings. The minimum atomic E-state index is -3.85. The van der Waals surface area contributed by atoms with Crippen LogP contribution in [0.3, 0.4) is 0 Å². The maximum Gasteiger partial charge on any atom is 0.255 e. The topological polar surface area (TPSA) is 86.8 Å². The number of carbonyl (C=O) groups is 2. The minimum absolute atomic E-state index is 0.0248. The Kier molecular flexibility index (Phi) is 6.20. The van der Waals surface area contributed by atoms with E-state index in [9.17, 15) is 18.0 Å². The smallest absolute Gasteiger partial charge is 0.255 e. The number of rotatable bonds is 5. The van der Waals surface area contributed by atoms with Crippen molar-refractivity contribution in [1.82, 2.24) is 15.1 Å². The zero-order valence-electron chi connectivity index (χ0n) is 19.4. The molecule has 180 valence electrons. The Bertz CT molecular complexity index is 1180. The Hall–Kier alpha value is -2.71. The molecule has 2 unspecified atom stereocenters. The summed E-state index contributed by atoms with van der Waals surface area (Å²) >= 11 is 0. The van der Waals surface area contributed by atoms with Crippen LogP contribution in [0.4, 0.5) is 0 Å². The molecule has 0 spiro atoms. The minimum Gasteiger partial charge on any atom is -0.339 e. The molecular weight excluding hydrogens is 450 g/mol. The standard InChI is InChI=1S/C26H31N3O4S/c1-18-7-8-23(34(32,33)25-10-9-24(30)27-25)22(11-18)26(31)29-16-20-12-21(17-29)15-28(14-20)13-19-5-3-2-4-6-19/h2-8,11,20-21,25H,9-10,12-17H2,1H3,(H,27,30)/t20?,21?,25-/m0/s1. The van der Waals surface area contributed by atoms with Gasteiger partial charge in [0.15, 0.2) is 9.84 Å². The molecule has 0 aliphatic carbocycles. The first kappa shape index (κ1) is 23.1. The van der Waals surface area contributed by atoms with Crippen LogP contribution in [0, 0.1) is 18.8 Å². The van der Waals surface area contributed by atoms with Crippen molar-refractivity contribution in [2.45, 2.75) is 43.0 Å². The van der Waals surface area contributed by atoms with Crippen LogP contribution in [0.1, 0.15) is 40.7 Å². The number of aryl methyl sites for hydroxylation is 1. The van der Waals surface area contributed by atoms with Gasteiger partial charge in [-0.3, -0.25) is 14.5 Å². The van der Waals surface area contributed by atoms with E-state index in [-0.39, 0.29) is 35.1 Å². The van der Waals surface area contributed by atoms with Crippen LogP contribution in [0.15, 0.2) is 53.4 Å². The molecule has 0 radical (unpaired) electrons. The largest absolute Gasteiger partial charge is 0.339 e. The molecule has 2 bridgehead atoms. The molecule has 2 aromatic carbocycles. The molecule has 3 fully saturated rings. The van der Waals surface area contributed by atoms with E-state index in [1.165, 1.54) is 11.6 Å². The molecule has 3 aliphatic heterocycles. The molecule has 8 heteroatoms. The van der Waals surface area contributed by atoms with Crippen molar-refractivity contribution in [3.05, 3.63) is 65.2 Å². The lowest BCUT2D eigenvalue weighted by Crippen LogP contribution is -2.54. The summed E-state index contributed by atoms with van der Waals surface area (Å²) in [5.74, 6) is 0.258. The number of nitrogens with one attached hydrogen (secondary N) is 1. The Morgan fingerprint density at radius 1 is 1.03 bits per heavy atom. The van der Waals surface area contributed by atoms with E-state index in [0.717, 1.165) is 31.6 Å². The second-order valence-electron chi connectivity index (χ2n) is 10.00. The van der Waals surface area contributed by atoms with Gasteiger partial charge in [-0.15, -0.1) is 0 Å². The molecule has 0 saturated carbocycles. The summed E-state index contributed by atoms with van der Waals surface area (Å²) in [6.07, 6.45) is 1.52. The van der Waals surface area contributed by atoms with Crippen molar-refractivity contribution in [3.63, 3.8) is 0 Å². The van der Waals surface area contributed by atoms with Gasteiger partial charge in [0.25, 0.3) is 5.91 Å². The van der Waals surface area contributed by atoms with Gasteiger partial charge >= 0.3 is 0 Å². The molecule has 2 amide bonds. The highest BCUT2D eigenvalue weighted by Gasteiger charge is 2.39. The maximum absolute atomic E-state index is 13.7. The highest BCUT2D eigenvalue weighted by molar-refractivity contribution is 7.92. The van der Waals surface area contributed by atoms with E-state index >= 15 is 0 Å². The van der Waals surface area contributed by atoms with Gasteiger partial charge < -0.3 is 10.2 Å². The van der Waals surface area contributed by atoms with Crippen LogP contribution in [-0.2, 0) is 21.2 Å². The third-order valence-electron chi connectivity index (χ3n) is 7.19. The molecule has 5 rings (SSSR count). The normalized spacial score (nSPS) is 25.3. The van der Waals surface area contributed by atoms with Crippen LogP contribution < -0.4 is 5.32 Å². The summed E-state index contributed by atoms with van der Waals surface area (Å²) in [4.78, 5) is 29.7. The summed E-state index contributed by atoms with van der Waals surface area (Å²) in [5.41, 5.74) is 2.36. The molecular formula is C26H31N3O4S. The van der Waals surface area contributed by atoms with Crippen molar-refractivity contribution in [2.75, 3.05) is 26.2 Å². The van der Waals surface area contributed by atoms with Gasteiger partial charge in [0.2, 0.25) is 5.91 Å². The Morgan fingerprint density at radius 2 is 1.74 bits per heavy atom. The molecule has 3 atom stereocenters.